The van der Waals surface area contributed by atoms with Gasteiger partial charge in [-0.1, -0.05) is 62.4 Å². The van der Waals surface area contributed by atoms with Crippen LogP contribution in [0, 0.1) is 5.92 Å². The Bertz CT molecular complexity index is 1020. The minimum Gasteiger partial charge on any atom is -0.351 e. The van der Waals surface area contributed by atoms with E-state index in [0.717, 1.165) is 33.6 Å². The Morgan fingerprint density at radius 1 is 1.10 bits per heavy atom. The Hall–Kier alpha value is -2.92. The standard InChI is InChI=1S/C26H32N4O/c1-19(16-20-8-3-2-4-9-20)29-18-22-10-5-6-12-24(22)30(26(27)31)25-13-7-11-21-17-28-15-14-23(21)25/h5-7,10-15,17,19-20,29H,2-4,8-9,16,18H2,1H3,(H2,27,31)/t19-/m0/s1. The highest BCUT2D eigenvalue weighted by Gasteiger charge is 2.21. The molecule has 2 aromatic carbocycles. The van der Waals surface area contributed by atoms with Gasteiger partial charge in [0.05, 0.1) is 11.4 Å². The highest BCUT2D eigenvalue weighted by atomic mass is 16.2. The summed E-state index contributed by atoms with van der Waals surface area (Å²) < 4.78 is 0. The first-order chi connectivity index (χ1) is 15.1. The molecule has 2 amide bonds. The van der Waals surface area contributed by atoms with Gasteiger partial charge in [0.1, 0.15) is 0 Å². The largest absolute Gasteiger partial charge is 0.351 e. The van der Waals surface area contributed by atoms with E-state index in [1.165, 1.54) is 38.5 Å². The van der Waals surface area contributed by atoms with Crippen molar-refractivity contribution in [2.75, 3.05) is 4.90 Å². The fourth-order valence-corrected chi connectivity index (χ4v) is 4.84. The minimum absolute atomic E-state index is 0.432. The fraction of sp³-hybridized carbons (Fsp3) is 0.385. The molecule has 4 rings (SSSR count). The average Bonchev–Trinajstić information content (AvgIpc) is 2.79. The van der Waals surface area contributed by atoms with Crippen LogP contribution in [-0.2, 0) is 6.54 Å². The van der Waals surface area contributed by atoms with Crippen molar-refractivity contribution in [2.24, 2.45) is 11.7 Å². The number of nitrogens with zero attached hydrogens (tertiary/aromatic N) is 2. The molecule has 1 aromatic heterocycles. The number of para-hydroxylation sites is 1. The smallest absolute Gasteiger partial charge is 0.323 e. The van der Waals surface area contributed by atoms with E-state index < -0.39 is 6.03 Å². The number of nitrogens with one attached hydrogen (secondary N) is 1. The third-order valence-corrected chi connectivity index (χ3v) is 6.40. The molecule has 5 heteroatoms. The van der Waals surface area contributed by atoms with Crippen LogP contribution in [0.4, 0.5) is 16.2 Å². The Labute approximate surface area is 184 Å². The van der Waals surface area contributed by atoms with E-state index in [4.69, 9.17) is 5.73 Å². The van der Waals surface area contributed by atoms with Crippen LogP contribution in [0.1, 0.15) is 51.0 Å². The number of carbonyl (C=O) groups is 1. The molecule has 0 aliphatic heterocycles. The predicted octanol–water partition coefficient (Wildman–Crippen LogP) is 5.90. The number of hydrogen-bond acceptors (Lipinski definition) is 3. The number of benzene rings is 2. The van der Waals surface area contributed by atoms with Crippen LogP contribution in [0.25, 0.3) is 10.8 Å². The number of amides is 2. The van der Waals surface area contributed by atoms with Crippen molar-refractivity contribution in [3.8, 4) is 0 Å². The van der Waals surface area contributed by atoms with Gasteiger partial charge >= 0.3 is 6.03 Å². The van der Waals surface area contributed by atoms with Crippen LogP contribution < -0.4 is 16.0 Å². The second-order valence-electron chi connectivity index (χ2n) is 8.70. The second kappa shape index (κ2) is 9.92. The van der Waals surface area contributed by atoms with Gasteiger partial charge in [-0.2, -0.15) is 0 Å². The molecule has 1 atom stereocenters. The summed E-state index contributed by atoms with van der Waals surface area (Å²) in [6.45, 7) is 2.96. The van der Waals surface area contributed by atoms with Crippen LogP contribution in [0.3, 0.4) is 0 Å². The first-order valence-corrected chi connectivity index (χ1v) is 11.4. The summed E-state index contributed by atoms with van der Waals surface area (Å²) in [7, 11) is 0. The fourth-order valence-electron chi connectivity index (χ4n) is 4.84. The summed E-state index contributed by atoms with van der Waals surface area (Å²) in [6, 6.07) is 15.7. The van der Waals surface area contributed by atoms with Crippen molar-refractivity contribution in [3.05, 3.63) is 66.5 Å². The maximum Gasteiger partial charge on any atom is 0.323 e. The van der Waals surface area contributed by atoms with Crippen molar-refractivity contribution in [3.63, 3.8) is 0 Å². The molecule has 0 saturated heterocycles. The molecule has 0 bridgehead atoms. The van der Waals surface area contributed by atoms with Crippen LogP contribution in [0.15, 0.2) is 60.9 Å². The summed E-state index contributed by atoms with van der Waals surface area (Å²) in [4.78, 5) is 18.4. The Morgan fingerprint density at radius 2 is 1.87 bits per heavy atom. The number of anilines is 2. The van der Waals surface area contributed by atoms with Gasteiger partial charge in [-0.05, 0) is 43.0 Å². The number of primary amides is 1. The van der Waals surface area contributed by atoms with Crippen LogP contribution in [-0.4, -0.2) is 17.1 Å². The summed E-state index contributed by atoms with van der Waals surface area (Å²) in [6.07, 6.45) is 11.6. The minimum atomic E-state index is -0.494. The monoisotopic (exact) mass is 416 g/mol. The highest BCUT2D eigenvalue weighted by molar-refractivity contribution is 6.07. The van der Waals surface area contributed by atoms with Gasteiger partial charge in [0.2, 0.25) is 0 Å². The van der Waals surface area contributed by atoms with Gasteiger partial charge < -0.3 is 11.1 Å². The Kier molecular flexibility index (Phi) is 6.82. The van der Waals surface area contributed by atoms with E-state index in [0.29, 0.717) is 12.6 Å². The van der Waals surface area contributed by atoms with Gasteiger partial charge in [-0.15, -0.1) is 0 Å². The number of nitrogens with two attached hydrogens (primary N) is 1. The van der Waals surface area contributed by atoms with Crippen LogP contribution in [0.5, 0.6) is 0 Å². The number of pyridine rings is 1. The van der Waals surface area contributed by atoms with Gasteiger partial charge in [0.25, 0.3) is 0 Å². The maximum absolute atomic E-state index is 12.6. The van der Waals surface area contributed by atoms with E-state index in [-0.39, 0.29) is 0 Å². The van der Waals surface area contributed by atoms with Gasteiger partial charge in [-0.3, -0.25) is 9.88 Å². The lowest BCUT2D eigenvalue weighted by molar-refractivity contribution is 0.256. The van der Waals surface area contributed by atoms with E-state index in [2.05, 4.69) is 23.3 Å². The molecule has 0 radical (unpaired) electrons. The predicted molar refractivity (Wildman–Crippen MR) is 127 cm³/mol. The number of rotatable bonds is 7. The number of urea groups is 1. The number of carbonyl (C=O) groups excluding carboxylic acids is 1. The molecule has 1 aliphatic rings. The molecule has 1 heterocycles. The molecular weight excluding hydrogens is 384 g/mol. The first-order valence-electron chi connectivity index (χ1n) is 11.4. The first kappa shape index (κ1) is 21.3. The molecule has 31 heavy (non-hydrogen) atoms. The maximum atomic E-state index is 12.6. The summed E-state index contributed by atoms with van der Waals surface area (Å²) in [5, 5.41) is 5.60. The average molecular weight is 417 g/mol. The van der Waals surface area contributed by atoms with Gasteiger partial charge in [0, 0.05) is 35.8 Å². The van der Waals surface area contributed by atoms with E-state index in [1.54, 1.807) is 17.3 Å². The molecule has 3 N–H and O–H groups in total. The van der Waals surface area contributed by atoms with Crippen molar-refractivity contribution >= 4 is 28.2 Å². The zero-order chi connectivity index (χ0) is 21.6. The summed E-state index contributed by atoms with van der Waals surface area (Å²) >= 11 is 0. The number of fused-ring (bicyclic) bond motifs is 1. The molecule has 1 fully saturated rings. The van der Waals surface area contributed by atoms with E-state index >= 15 is 0 Å². The third kappa shape index (κ3) is 5.05. The van der Waals surface area contributed by atoms with E-state index in [9.17, 15) is 4.79 Å². The molecule has 162 valence electrons. The molecule has 1 saturated carbocycles. The molecule has 1 aliphatic carbocycles. The van der Waals surface area contributed by atoms with Crippen molar-refractivity contribution in [2.45, 2.75) is 58.0 Å². The zero-order valence-electron chi connectivity index (χ0n) is 18.3. The van der Waals surface area contributed by atoms with Crippen LogP contribution >= 0.6 is 0 Å². The van der Waals surface area contributed by atoms with E-state index in [1.807, 2.05) is 42.5 Å². The summed E-state index contributed by atoms with van der Waals surface area (Å²) in [5.41, 5.74) is 8.54. The van der Waals surface area contributed by atoms with Crippen LogP contribution in [0.2, 0.25) is 0 Å². The van der Waals surface area contributed by atoms with Crippen molar-refractivity contribution in [1.82, 2.24) is 10.3 Å². The normalized spacial score (nSPS) is 15.6. The Morgan fingerprint density at radius 3 is 2.68 bits per heavy atom. The number of hydrogen-bond donors (Lipinski definition) is 2. The molecular formula is C26H32N4O. The molecule has 0 unspecified atom stereocenters. The molecule has 0 spiro atoms. The number of aromatic nitrogens is 1. The second-order valence-corrected chi connectivity index (χ2v) is 8.70. The Balaban J connectivity index is 1.57. The lowest BCUT2D eigenvalue weighted by atomic mass is 9.85. The summed E-state index contributed by atoms with van der Waals surface area (Å²) in [5.74, 6) is 0.831. The topological polar surface area (TPSA) is 71.2 Å². The molecule has 5 nitrogen and oxygen atoms in total. The SMILES string of the molecule is C[C@@H](CC1CCCCC1)NCc1ccccc1N(C(N)=O)c1cccc2cnccc12. The van der Waals surface area contributed by atoms with Gasteiger partial charge in [-0.25, -0.2) is 4.79 Å². The highest BCUT2D eigenvalue weighted by Crippen LogP contribution is 2.34. The van der Waals surface area contributed by atoms with Crippen molar-refractivity contribution in [1.29, 1.82) is 0 Å². The third-order valence-electron chi connectivity index (χ3n) is 6.40. The quantitative estimate of drug-likeness (QED) is 0.504. The molecule has 3 aromatic rings. The van der Waals surface area contributed by atoms with Crippen molar-refractivity contribution < 1.29 is 4.79 Å². The lowest BCUT2D eigenvalue weighted by Crippen LogP contribution is -2.34. The van der Waals surface area contributed by atoms with Gasteiger partial charge in [0.15, 0.2) is 0 Å². The zero-order valence-corrected chi connectivity index (χ0v) is 18.3. The lowest BCUT2D eigenvalue weighted by Gasteiger charge is -2.27.